The van der Waals surface area contributed by atoms with Crippen molar-refractivity contribution in [3.05, 3.63) is 85.7 Å². The van der Waals surface area contributed by atoms with Gasteiger partial charge in [-0.2, -0.15) is 0 Å². The number of benzene rings is 1. The van der Waals surface area contributed by atoms with E-state index in [1.165, 1.54) is 6.07 Å². The first-order chi connectivity index (χ1) is 17.3. The van der Waals surface area contributed by atoms with Gasteiger partial charge in [-0.15, -0.1) is 0 Å². The van der Waals surface area contributed by atoms with Crippen molar-refractivity contribution >= 4 is 45.3 Å². The average Bonchev–Trinajstić information content (AvgIpc) is 2.87. The summed E-state index contributed by atoms with van der Waals surface area (Å²) in [6.07, 6.45) is 6.26. The molecule has 1 aromatic carbocycles. The third-order valence-electron chi connectivity index (χ3n) is 6.27. The topological polar surface area (TPSA) is 113 Å². The van der Waals surface area contributed by atoms with Gasteiger partial charge in [0.15, 0.2) is 0 Å². The number of pyridine rings is 1. The highest BCUT2D eigenvalue weighted by Crippen LogP contribution is 2.30. The molecule has 2 unspecified atom stereocenters. The number of carbonyl (C=O) groups excluding carboxylic acids is 1. The van der Waals surface area contributed by atoms with Crippen molar-refractivity contribution in [3.8, 4) is 11.3 Å². The fourth-order valence-electron chi connectivity index (χ4n) is 4.31. The minimum Gasteiger partial charge on any atom is -0.386 e. The number of carbonyl (C=O) groups is 1. The number of fused-ring (bicyclic) bond motifs is 2. The molecule has 3 N–H and O–H groups in total. The Balaban J connectivity index is 1.82. The summed E-state index contributed by atoms with van der Waals surface area (Å²) in [4.78, 5) is 35.3. The zero-order valence-electron chi connectivity index (χ0n) is 19.9. The van der Waals surface area contributed by atoms with Crippen LogP contribution in [0.4, 0.5) is 0 Å². The molecule has 0 spiro atoms. The lowest BCUT2D eigenvalue weighted by Crippen LogP contribution is -2.32. The molecule has 186 valence electrons. The first-order valence-electron chi connectivity index (χ1n) is 11.6. The van der Waals surface area contributed by atoms with Gasteiger partial charge in [-0.05, 0) is 43.2 Å². The van der Waals surface area contributed by atoms with E-state index in [0.717, 1.165) is 21.8 Å². The molecule has 0 saturated heterocycles. The highest BCUT2D eigenvalue weighted by molar-refractivity contribution is 9.10. The largest absolute Gasteiger partial charge is 0.386 e. The number of rotatable bonds is 4. The van der Waals surface area contributed by atoms with Crippen molar-refractivity contribution < 1.29 is 4.79 Å². The molecule has 0 aliphatic carbocycles. The highest BCUT2D eigenvalue weighted by atomic mass is 79.9. The standard InChI is InChI=1S/C26H26BrClN6O2/c1-15-4-3-5-23(21-10-16(8-9-31-21)25(30-2)22(13-29)33-26(15)36)34-14-32-20(12-24(34)35)18-11-17(28)6-7-19(18)27/h6-15,23,29-30H,3-5H2,1-2H3,(H,33,36)/b25-22+,29-13?. The van der Waals surface area contributed by atoms with Crippen LogP contribution in [0.1, 0.15) is 43.5 Å². The van der Waals surface area contributed by atoms with Crippen LogP contribution < -0.4 is 16.2 Å². The summed E-state index contributed by atoms with van der Waals surface area (Å²) in [7, 11) is 1.74. The number of amides is 1. The molecule has 1 amide bonds. The Morgan fingerprint density at radius 2 is 2.00 bits per heavy atom. The maximum Gasteiger partial charge on any atom is 0.254 e. The fourth-order valence-corrected chi connectivity index (χ4v) is 4.93. The van der Waals surface area contributed by atoms with Crippen LogP contribution in [0.3, 0.4) is 0 Å². The normalized spacial score (nSPS) is 20.6. The first kappa shape index (κ1) is 25.8. The molecule has 0 saturated carbocycles. The third-order valence-corrected chi connectivity index (χ3v) is 7.20. The zero-order chi connectivity index (χ0) is 25.8. The molecule has 2 bridgehead atoms. The summed E-state index contributed by atoms with van der Waals surface area (Å²) in [5.41, 5.74) is 3.45. The van der Waals surface area contributed by atoms with Gasteiger partial charge in [-0.3, -0.25) is 19.1 Å². The van der Waals surface area contributed by atoms with Gasteiger partial charge >= 0.3 is 0 Å². The Morgan fingerprint density at radius 1 is 1.19 bits per heavy atom. The Labute approximate surface area is 222 Å². The summed E-state index contributed by atoms with van der Waals surface area (Å²) >= 11 is 9.66. The van der Waals surface area contributed by atoms with E-state index in [0.29, 0.717) is 47.1 Å². The second-order valence-electron chi connectivity index (χ2n) is 8.63. The van der Waals surface area contributed by atoms with Crippen LogP contribution in [0, 0.1) is 11.3 Å². The van der Waals surface area contributed by atoms with E-state index in [-0.39, 0.29) is 23.4 Å². The number of hydrogen-bond donors (Lipinski definition) is 3. The van der Waals surface area contributed by atoms with E-state index in [1.54, 1.807) is 42.3 Å². The van der Waals surface area contributed by atoms with Gasteiger partial charge in [0.1, 0.15) is 0 Å². The molecule has 3 heterocycles. The summed E-state index contributed by atoms with van der Waals surface area (Å²) in [6, 6.07) is 10.1. The van der Waals surface area contributed by atoms with Crippen molar-refractivity contribution in [1.82, 2.24) is 25.2 Å². The van der Waals surface area contributed by atoms with Gasteiger partial charge < -0.3 is 16.0 Å². The maximum atomic E-state index is 13.3. The maximum absolute atomic E-state index is 13.3. The predicted molar refractivity (Wildman–Crippen MR) is 145 cm³/mol. The Hall–Kier alpha value is -3.30. The molecule has 1 aliphatic heterocycles. The Morgan fingerprint density at radius 3 is 2.72 bits per heavy atom. The smallest absolute Gasteiger partial charge is 0.254 e. The van der Waals surface area contributed by atoms with Crippen LogP contribution in [-0.4, -0.2) is 33.7 Å². The number of halogens is 2. The second kappa shape index (κ2) is 11.2. The minimum absolute atomic E-state index is 0.150. The van der Waals surface area contributed by atoms with Crippen LogP contribution in [0.15, 0.2) is 63.9 Å². The molecule has 36 heavy (non-hydrogen) atoms. The number of nitrogens with zero attached hydrogens (tertiary/aromatic N) is 3. The lowest BCUT2D eigenvalue weighted by atomic mass is 9.97. The molecule has 1 aliphatic rings. The summed E-state index contributed by atoms with van der Waals surface area (Å²) in [6.45, 7) is 1.86. The van der Waals surface area contributed by atoms with Gasteiger partial charge in [0.25, 0.3) is 5.56 Å². The molecule has 10 heteroatoms. The Bertz CT molecular complexity index is 1400. The molecule has 0 radical (unpaired) electrons. The van der Waals surface area contributed by atoms with Crippen molar-refractivity contribution in [2.45, 2.75) is 32.2 Å². The Kier molecular flexibility index (Phi) is 8.01. The molecule has 3 aromatic rings. The van der Waals surface area contributed by atoms with Gasteiger partial charge in [-0.1, -0.05) is 40.9 Å². The van der Waals surface area contributed by atoms with E-state index in [4.69, 9.17) is 17.0 Å². The lowest BCUT2D eigenvalue weighted by molar-refractivity contribution is -0.123. The van der Waals surface area contributed by atoms with Crippen LogP contribution in [0.5, 0.6) is 0 Å². The zero-order valence-corrected chi connectivity index (χ0v) is 22.2. The van der Waals surface area contributed by atoms with Gasteiger partial charge in [0.2, 0.25) is 5.91 Å². The van der Waals surface area contributed by atoms with Crippen molar-refractivity contribution in [2.75, 3.05) is 7.05 Å². The van der Waals surface area contributed by atoms with Crippen molar-refractivity contribution in [3.63, 3.8) is 0 Å². The van der Waals surface area contributed by atoms with Crippen LogP contribution in [0.2, 0.25) is 5.02 Å². The monoisotopic (exact) mass is 568 g/mol. The van der Waals surface area contributed by atoms with E-state index in [1.807, 2.05) is 19.1 Å². The molecule has 4 rings (SSSR count). The van der Waals surface area contributed by atoms with Crippen LogP contribution in [-0.2, 0) is 4.79 Å². The quantitative estimate of drug-likeness (QED) is 0.391. The molecular formula is C26H26BrClN6O2. The summed E-state index contributed by atoms with van der Waals surface area (Å²) in [5, 5.41) is 14.4. The number of allylic oxidation sites excluding steroid dienone is 1. The minimum atomic E-state index is -0.377. The molecule has 0 fully saturated rings. The second-order valence-corrected chi connectivity index (χ2v) is 9.92. The van der Waals surface area contributed by atoms with Gasteiger partial charge in [0.05, 0.1) is 35.2 Å². The predicted octanol–water partition coefficient (Wildman–Crippen LogP) is 4.78. The number of aromatic nitrogens is 3. The van der Waals surface area contributed by atoms with E-state index in [2.05, 4.69) is 36.5 Å². The SMILES string of the molecule is CN/C1=C(\C=N)NC(=O)C(C)CCCC(n2cnc(-c3cc(Cl)ccc3Br)cc2=O)c2cc1ccn2. The lowest BCUT2D eigenvalue weighted by Gasteiger charge is -2.23. The van der Waals surface area contributed by atoms with Gasteiger partial charge in [0, 0.05) is 52.1 Å². The van der Waals surface area contributed by atoms with E-state index < -0.39 is 0 Å². The number of nitrogens with one attached hydrogen (secondary N) is 3. The third kappa shape index (κ3) is 5.42. The van der Waals surface area contributed by atoms with Gasteiger partial charge in [-0.25, -0.2) is 4.98 Å². The van der Waals surface area contributed by atoms with Crippen LogP contribution >= 0.6 is 27.5 Å². The highest BCUT2D eigenvalue weighted by Gasteiger charge is 2.23. The molecule has 2 atom stereocenters. The molecule has 8 nitrogen and oxygen atoms in total. The average molecular weight is 570 g/mol. The number of hydrogen-bond acceptors (Lipinski definition) is 6. The van der Waals surface area contributed by atoms with Crippen LogP contribution in [0.25, 0.3) is 17.0 Å². The fraction of sp³-hybridized carbons (Fsp3) is 0.269. The van der Waals surface area contributed by atoms with Crippen molar-refractivity contribution in [1.29, 1.82) is 5.41 Å². The summed E-state index contributed by atoms with van der Waals surface area (Å²) < 4.78 is 2.38. The van der Waals surface area contributed by atoms with Crippen molar-refractivity contribution in [2.24, 2.45) is 5.92 Å². The van der Waals surface area contributed by atoms with E-state index >= 15 is 0 Å². The summed E-state index contributed by atoms with van der Waals surface area (Å²) in [5.74, 6) is -0.412. The van der Waals surface area contributed by atoms with E-state index in [9.17, 15) is 9.59 Å². The first-order valence-corrected chi connectivity index (χ1v) is 12.7. The molecule has 2 aromatic heterocycles. The molecular weight excluding hydrogens is 544 g/mol.